The van der Waals surface area contributed by atoms with E-state index in [2.05, 4.69) is 14.9 Å². The molecular weight excluding hydrogens is 276 g/mol. The maximum Gasteiger partial charge on any atom is 0.240 e. The zero-order valence-electron chi connectivity index (χ0n) is 11.4. The van der Waals surface area contributed by atoms with Crippen LogP contribution in [-0.4, -0.2) is 18.6 Å². The Balaban J connectivity index is 2.18. The number of H-pyrrole nitrogens is 1. The minimum Gasteiger partial charge on any atom is -0.324 e. The molecule has 2 aromatic rings. The largest absolute Gasteiger partial charge is 0.324 e. The summed E-state index contributed by atoms with van der Waals surface area (Å²) in [6.07, 6.45) is 1.61. The van der Waals surface area contributed by atoms with Gasteiger partial charge in [0.2, 0.25) is 10.0 Å². The van der Waals surface area contributed by atoms with Gasteiger partial charge < -0.3 is 5.73 Å². The van der Waals surface area contributed by atoms with Crippen LogP contribution in [0.2, 0.25) is 0 Å². The molecule has 1 atom stereocenters. The zero-order valence-corrected chi connectivity index (χ0v) is 12.2. The van der Waals surface area contributed by atoms with E-state index in [9.17, 15) is 8.42 Å². The monoisotopic (exact) mass is 294 g/mol. The van der Waals surface area contributed by atoms with Crippen molar-refractivity contribution in [2.24, 2.45) is 5.73 Å². The van der Waals surface area contributed by atoms with Crippen molar-refractivity contribution in [2.75, 3.05) is 0 Å². The first-order valence-electron chi connectivity index (χ1n) is 6.24. The zero-order chi connectivity index (χ0) is 14.8. The molecule has 1 aromatic carbocycles. The molecule has 108 valence electrons. The molecule has 0 spiro atoms. The number of nitrogens with two attached hydrogens (primary N) is 1. The van der Waals surface area contributed by atoms with Crippen LogP contribution in [0.15, 0.2) is 35.4 Å². The van der Waals surface area contributed by atoms with E-state index in [4.69, 9.17) is 5.73 Å². The molecule has 0 fully saturated rings. The van der Waals surface area contributed by atoms with Crippen molar-refractivity contribution >= 4 is 10.0 Å². The van der Waals surface area contributed by atoms with Crippen LogP contribution >= 0.6 is 0 Å². The van der Waals surface area contributed by atoms with Gasteiger partial charge >= 0.3 is 0 Å². The predicted octanol–water partition coefficient (Wildman–Crippen LogP) is 1.22. The summed E-state index contributed by atoms with van der Waals surface area (Å²) in [4.78, 5) is 0.216. The summed E-state index contributed by atoms with van der Waals surface area (Å²) in [5.41, 5.74) is 8.21. The maximum absolute atomic E-state index is 12.2. The van der Waals surface area contributed by atoms with E-state index in [-0.39, 0.29) is 17.5 Å². The number of aromatic amines is 1. The standard InChI is InChI=1S/C13H18N4O2S/c1-9(14)11-4-3-5-13(6-11)20(18,19)16-8-12-7-15-17-10(12)2/h3-7,9,16H,8,14H2,1-2H3,(H,15,17). The number of nitrogens with zero attached hydrogens (tertiary/aromatic N) is 1. The molecule has 20 heavy (non-hydrogen) atoms. The molecule has 0 saturated carbocycles. The first-order valence-corrected chi connectivity index (χ1v) is 7.72. The highest BCUT2D eigenvalue weighted by atomic mass is 32.2. The van der Waals surface area contributed by atoms with Gasteiger partial charge in [-0.3, -0.25) is 5.10 Å². The van der Waals surface area contributed by atoms with Crippen molar-refractivity contribution in [3.63, 3.8) is 0 Å². The van der Waals surface area contributed by atoms with Crippen molar-refractivity contribution in [2.45, 2.75) is 31.3 Å². The Morgan fingerprint density at radius 1 is 1.45 bits per heavy atom. The highest BCUT2D eigenvalue weighted by molar-refractivity contribution is 7.89. The van der Waals surface area contributed by atoms with Crippen LogP contribution in [0.1, 0.15) is 29.8 Å². The van der Waals surface area contributed by atoms with Gasteiger partial charge in [-0.1, -0.05) is 12.1 Å². The third-order valence-corrected chi connectivity index (χ3v) is 4.48. The molecule has 6 nitrogen and oxygen atoms in total. The number of sulfonamides is 1. The minimum absolute atomic E-state index is 0.201. The third-order valence-electron chi connectivity index (χ3n) is 3.08. The van der Waals surface area contributed by atoms with Gasteiger partial charge in [0, 0.05) is 23.8 Å². The molecule has 0 amide bonds. The van der Waals surface area contributed by atoms with Gasteiger partial charge in [0.1, 0.15) is 0 Å². The average Bonchev–Trinajstić information content (AvgIpc) is 2.82. The van der Waals surface area contributed by atoms with Gasteiger partial charge in [0.05, 0.1) is 11.1 Å². The Kier molecular flexibility index (Phi) is 4.22. The summed E-state index contributed by atoms with van der Waals surface area (Å²) >= 11 is 0. The van der Waals surface area contributed by atoms with E-state index < -0.39 is 10.0 Å². The second-order valence-corrected chi connectivity index (χ2v) is 6.47. The minimum atomic E-state index is -3.56. The summed E-state index contributed by atoms with van der Waals surface area (Å²) < 4.78 is 27.0. The normalized spacial score (nSPS) is 13.3. The van der Waals surface area contributed by atoms with E-state index >= 15 is 0 Å². The topological polar surface area (TPSA) is 101 Å². The van der Waals surface area contributed by atoms with E-state index in [0.717, 1.165) is 16.8 Å². The van der Waals surface area contributed by atoms with Crippen LogP contribution in [0.25, 0.3) is 0 Å². The third kappa shape index (κ3) is 3.24. The molecule has 0 aliphatic rings. The van der Waals surface area contributed by atoms with Gasteiger partial charge in [-0.2, -0.15) is 5.10 Å². The van der Waals surface area contributed by atoms with Crippen LogP contribution in [-0.2, 0) is 16.6 Å². The van der Waals surface area contributed by atoms with Gasteiger partial charge in [0.15, 0.2) is 0 Å². The van der Waals surface area contributed by atoms with E-state index in [1.165, 1.54) is 0 Å². The van der Waals surface area contributed by atoms with Crippen molar-refractivity contribution in [1.29, 1.82) is 0 Å². The summed E-state index contributed by atoms with van der Waals surface area (Å²) in [6.45, 7) is 3.86. The van der Waals surface area contributed by atoms with E-state index in [1.54, 1.807) is 24.4 Å². The Labute approximate surface area is 118 Å². The van der Waals surface area contributed by atoms with E-state index in [0.29, 0.717) is 0 Å². The maximum atomic E-state index is 12.2. The van der Waals surface area contributed by atoms with Crippen LogP contribution in [0.5, 0.6) is 0 Å². The Morgan fingerprint density at radius 3 is 2.80 bits per heavy atom. The summed E-state index contributed by atoms with van der Waals surface area (Å²) in [7, 11) is -3.56. The second-order valence-electron chi connectivity index (χ2n) is 4.71. The fourth-order valence-electron chi connectivity index (χ4n) is 1.77. The molecule has 2 rings (SSSR count). The van der Waals surface area contributed by atoms with Crippen LogP contribution in [0, 0.1) is 6.92 Å². The van der Waals surface area contributed by atoms with Crippen LogP contribution < -0.4 is 10.5 Å². The summed E-state index contributed by atoms with van der Waals surface area (Å²) in [5.74, 6) is 0. The lowest BCUT2D eigenvalue weighted by atomic mass is 10.1. The first-order chi connectivity index (χ1) is 9.40. The molecule has 0 bridgehead atoms. The smallest absolute Gasteiger partial charge is 0.240 e. The first kappa shape index (κ1) is 14.7. The van der Waals surface area contributed by atoms with Gasteiger partial charge in [-0.15, -0.1) is 0 Å². The number of hydrogen-bond donors (Lipinski definition) is 3. The lowest BCUT2D eigenvalue weighted by Crippen LogP contribution is -2.23. The van der Waals surface area contributed by atoms with Crippen molar-refractivity contribution in [3.8, 4) is 0 Å². The number of benzene rings is 1. The van der Waals surface area contributed by atoms with Crippen molar-refractivity contribution < 1.29 is 8.42 Å². The van der Waals surface area contributed by atoms with Gasteiger partial charge in [-0.25, -0.2) is 13.1 Å². The summed E-state index contributed by atoms with van der Waals surface area (Å²) in [5, 5.41) is 6.62. The molecule has 1 aromatic heterocycles. The number of aromatic nitrogens is 2. The summed E-state index contributed by atoms with van der Waals surface area (Å²) in [6, 6.07) is 6.44. The van der Waals surface area contributed by atoms with Gasteiger partial charge in [-0.05, 0) is 31.5 Å². The quantitative estimate of drug-likeness (QED) is 0.771. The molecule has 0 radical (unpaired) electrons. The van der Waals surface area contributed by atoms with Crippen molar-refractivity contribution in [1.82, 2.24) is 14.9 Å². The molecule has 0 saturated heterocycles. The fraction of sp³-hybridized carbons (Fsp3) is 0.308. The molecule has 1 unspecified atom stereocenters. The lowest BCUT2D eigenvalue weighted by molar-refractivity contribution is 0.581. The molecule has 7 heteroatoms. The number of rotatable bonds is 5. The Hall–Kier alpha value is -1.70. The predicted molar refractivity (Wildman–Crippen MR) is 76.4 cm³/mol. The number of nitrogens with one attached hydrogen (secondary N) is 2. The number of hydrogen-bond acceptors (Lipinski definition) is 4. The molecule has 1 heterocycles. The molecular formula is C13H18N4O2S. The SMILES string of the molecule is Cc1[nH]ncc1CNS(=O)(=O)c1cccc(C(C)N)c1. The highest BCUT2D eigenvalue weighted by Gasteiger charge is 2.15. The molecule has 0 aliphatic carbocycles. The van der Waals surface area contributed by atoms with E-state index in [1.807, 2.05) is 19.9 Å². The Morgan fingerprint density at radius 2 is 2.20 bits per heavy atom. The van der Waals surface area contributed by atoms with Crippen LogP contribution in [0.4, 0.5) is 0 Å². The Bertz CT molecular complexity index is 692. The molecule has 0 aliphatic heterocycles. The average molecular weight is 294 g/mol. The lowest BCUT2D eigenvalue weighted by Gasteiger charge is -2.10. The molecule has 4 N–H and O–H groups in total. The van der Waals surface area contributed by atoms with Crippen molar-refractivity contribution in [3.05, 3.63) is 47.3 Å². The fourth-order valence-corrected chi connectivity index (χ4v) is 2.84. The van der Waals surface area contributed by atoms with Gasteiger partial charge in [0.25, 0.3) is 0 Å². The van der Waals surface area contributed by atoms with Crippen LogP contribution in [0.3, 0.4) is 0 Å². The highest BCUT2D eigenvalue weighted by Crippen LogP contribution is 2.16. The number of aryl methyl sites for hydroxylation is 1. The second kappa shape index (κ2) is 5.74.